The van der Waals surface area contributed by atoms with E-state index in [2.05, 4.69) is 10.6 Å². The van der Waals surface area contributed by atoms with Gasteiger partial charge in [0.1, 0.15) is 26.2 Å². The van der Waals surface area contributed by atoms with Gasteiger partial charge < -0.3 is 20.3 Å². The van der Waals surface area contributed by atoms with Crippen molar-refractivity contribution < 1.29 is 19.7 Å². The van der Waals surface area contributed by atoms with Gasteiger partial charge in [0, 0.05) is 20.3 Å². The van der Waals surface area contributed by atoms with Crippen molar-refractivity contribution in [2.45, 2.75) is 6.42 Å². The third-order valence-electron chi connectivity index (χ3n) is 2.66. The highest BCUT2D eigenvalue weighted by Crippen LogP contribution is 1.76. The molecule has 1 saturated heterocycles. The van der Waals surface area contributed by atoms with E-state index >= 15 is 0 Å². The van der Waals surface area contributed by atoms with E-state index in [1.807, 2.05) is 0 Å². The van der Waals surface area contributed by atoms with E-state index in [0.29, 0.717) is 13.2 Å². The van der Waals surface area contributed by atoms with Gasteiger partial charge in [0.25, 0.3) is 5.91 Å². The number of nitrogens with one attached hydrogen (secondary N) is 2. The second-order valence-corrected chi connectivity index (χ2v) is 3.99. The molecule has 0 atom stereocenters. The number of carbonyl (C=O) groups excluding carboxylic acids is 1. The molecule has 0 radical (unpaired) electrons. The third-order valence-corrected chi connectivity index (χ3v) is 2.66. The zero-order valence-electron chi connectivity index (χ0n) is 9.55. The van der Waals surface area contributed by atoms with Gasteiger partial charge in [-0.3, -0.25) is 4.79 Å². The SMILES string of the molecule is COCCCNC(=O)C[NH+]1CC[NH2+]CC1. The predicted octanol–water partition coefficient (Wildman–Crippen LogP) is -3.40. The smallest absolute Gasteiger partial charge is 0.275 e. The molecule has 0 aromatic carbocycles. The lowest BCUT2D eigenvalue weighted by atomic mass is 10.3. The fourth-order valence-corrected chi connectivity index (χ4v) is 1.79. The van der Waals surface area contributed by atoms with Crippen LogP contribution in [0.3, 0.4) is 0 Å². The molecular weight excluding hydrogens is 194 g/mol. The molecule has 5 heteroatoms. The molecule has 0 aliphatic carbocycles. The Balaban J connectivity index is 2.01. The van der Waals surface area contributed by atoms with Gasteiger partial charge >= 0.3 is 0 Å². The maximum Gasteiger partial charge on any atom is 0.275 e. The maximum absolute atomic E-state index is 11.5. The van der Waals surface area contributed by atoms with Crippen LogP contribution in [0.25, 0.3) is 0 Å². The topological polar surface area (TPSA) is 59.4 Å². The summed E-state index contributed by atoms with van der Waals surface area (Å²) in [6.07, 6.45) is 0.894. The van der Waals surface area contributed by atoms with Gasteiger partial charge in [0.2, 0.25) is 0 Å². The van der Waals surface area contributed by atoms with Gasteiger partial charge in [0.05, 0.1) is 0 Å². The lowest BCUT2D eigenvalue weighted by Gasteiger charge is -2.21. The van der Waals surface area contributed by atoms with E-state index < -0.39 is 0 Å². The van der Waals surface area contributed by atoms with Crippen molar-refractivity contribution in [1.29, 1.82) is 0 Å². The molecule has 0 bridgehead atoms. The molecule has 88 valence electrons. The summed E-state index contributed by atoms with van der Waals surface area (Å²) in [5.41, 5.74) is 0. The van der Waals surface area contributed by atoms with Crippen LogP contribution in [0.1, 0.15) is 6.42 Å². The van der Waals surface area contributed by atoms with Crippen LogP contribution in [0.5, 0.6) is 0 Å². The average molecular weight is 217 g/mol. The number of piperazine rings is 1. The van der Waals surface area contributed by atoms with Crippen LogP contribution in [0.15, 0.2) is 0 Å². The number of rotatable bonds is 6. The summed E-state index contributed by atoms with van der Waals surface area (Å²) in [6.45, 7) is 6.56. The molecular formula is C10H23N3O2+2. The van der Waals surface area contributed by atoms with E-state index in [9.17, 15) is 4.79 Å². The molecule has 5 nitrogen and oxygen atoms in total. The van der Waals surface area contributed by atoms with Crippen LogP contribution in [0, 0.1) is 0 Å². The molecule has 0 aromatic rings. The Bertz CT molecular complexity index is 182. The number of nitrogens with two attached hydrogens (primary N) is 1. The normalized spacial score (nSPS) is 17.7. The first kappa shape index (κ1) is 12.4. The summed E-state index contributed by atoms with van der Waals surface area (Å²) in [6, 6.07) is 0. The van der Waals surface area contributed by atoms with Crippen molar-refractivity contribution in [3.05, 3.63) is 0 Å². The molecule has 4 N–H and O–H groups in total. The Labute approximate surface area is 91.2 Å². The predicted molar refractivity (Wildman–Crippen MR) is 56.7 cm³/mol. The molecule has 0 aromatic heterocycles. The minimum Gasteiger partial charge on any atom is -0.385 e. The van der Waals surface area contributed by atoms with Gasteiger partial charge in [-0.25, -0.2) is 0 Å². The van der Waals surface area contributed by atoms with Crippen molar-refractivity contribution in [3.63, 3.8) is 0 Å². The number of ether oxygens (including phenoxy) is 1. The molecule has 1 aliphatic heterocycles. The molecule has 0 unspecified atom stereocenters. The highest BCUT2D eigenvalue weighted by molar-refractivity contribution is 5.76. The number of hydrogen-bond donors (Lipinski definition) is 3. The van der Waals surface area contributed by atoms with Crippen molar-refractivity contribution in [3.8, 4) is 0 Å². The highest BCUT2D eigenvalue weighted by Gasteiger charge is 2.18. The molecule has 1 rings (SSSR count). The van der Waals surface area contributed by atoms with Crippen molar-refractivity contribution in [1.82, 2.24) is 5.32 Å². The average Bonchev–Trinajstić information content (AvgIpc) is 2.26. The molecule has 0 saturated carbocycles. The number of carbonyl (C=O) groups is 1. The highest BCUT2D eigenvalue weighted by atomic mass is 16.5. The Hall–Kier alpha value is -0.650. The summed E-state index contributed by atoms with van der Waals surface area (Å²) >= 11 is 0. The van der Waals surface area contributed by atoms with Gasteiger partial charge in [-0.15, -0.1) is 0 Å². The summed E-state index contributed by atoms with van der Waals surface area (Å²) in [5.74, 6) is 0.169. The van der Waals surface area contributed by atoms with Gasteiger partial charge in [-0.05, 0) is 6.42 Å². The summed E-state index contributed by atoms with van der Waals surface area (Å²) in [7, 11) is 1.68. The maximum atomic E-state index is 11.5. The molecule has 1 aliphatic rings. The largest absolute Gasteiger partial charge is 0.385 e. The van der Waals surface area contributed by atoms with Crippen LogP contribution in [0.4, 0.5) is 0 Å². The Kier molecular flexibility index (Phi) is 6.31. The second-order valence-electron chi connectivity index (χ2n) is 3.99. The van der Waals surface area contributed by atoms with Gasteiger partial charge in [-0.1, -0.05) is 0 Å². The number of amides is 1. The van der Waals surface area contributed by atoms with E-state index in [-0.39, 0.29) is 5.91 Å². The number of hydrogen-bond acceptors (Lipinski definition) is 2. The first-order chi connectivity index (χ1) is 7.33. The van der Waals surface area contributed by atoms with E-state index in [1.165, 1.54) is 4.90 Å². The van der Waals surface area contributed by atoms with Crippen molar-refractivity contribution in [2.24, 2.45) is 0 Å². The first-order valence-corrected chi connectivity index (χ1v) is 5.74. The monoisotopic (exact) mass is 217 g/mol. The molecule has 1 fully saturated rings. The second kappa shape index (κ2) is 7.62. The van der Waals surface area contributed by atoms with Crippen LogP contribution in [-0.2, 0) is 9.53 Å². The van der Waals surface area contributed by atoms with E-state index in [0.717, 1.165) is 39.1 Å². The molecule has 1 amide bonds. The Morgan fingerprint density at radius 1 is 1.47 bits per heavy atom. The number of methoxy groups -OCH3 is 1. The van der Waals surface area contributed by atoms with E-state index in [4.69, 9.17) is 4.74 Å². The summed E-state index contributed by atoms with van der Waals surface area (Å²) in [4.78, 5) is 12.9. The lowest BCUT2D eigenvalue weighted by molar-refractivity contribution is -0.940. The van der Waals surface area contributed by atoms with Crippen LogP contribution in [-0.4, -0.2) is 58.9 Å². The third kappa shape index (κ3) is 5.71. The minimum absolute atomic E-state index is 0.169. The quantitative estimate of drug-likeness (QED) is 0.406. The Morgan fingerprint density at radius 2 is 2.20 bits per heavy atom. The zero-order chi connectivity index (χ0) is 10.9. The Morgan fingerprint density at radius 3 is 2.87 bits per heavy atom. The standard InChI is InChI=1S/C10H21N3O2/c1-15-8-2-3-12-10(14)9-13-6-4-11-5-7-13/h11H,2-9H2,1H3,(H,12,14)/p+2. The summed E-state index contributed by atoms with van der Waals surface area (Å²) in [5, 5.41) is 5.22. The van der Waals surface area contributed by atoms with Crippen molar-refractivity contribution in [2.75, 3.05) is 53.0 Å². The fourth-order valence-electron chi connectivity index (χ4n) is 1.79. The molecule has 0 spiro atoms. The molecule has 1 heterocycles. The summed E-state index contributed by atoms with van der Waals surface area (Å²) < 4.78 is 4.91. The first-order valence-electron chi connectivity index (χ1n) is 5.74. The minimum atomic E-state index is 0.169. The lowest BCUT2D eigenvalue weighted by Crippen LogP contribution is -3.21. The fraction of sp³-hybridized carbons (Fsp3) is 0.900. The zero-order valence-corrected chi connectivity index (χ0v) is 9.55. The number of quaternary nitrogens is 2. The van der Waals surface area contributed by atoms with Crippen LogP contribution in [0.2, 0.25) is 0 Å². The van der Waals surface area contributed by atoms with Crippen LogP contribution >= 0.6 is 0 Å². The van der Waals surface area contributed by atoms with Crippen molar-refractivity contribution >= 4 is 5.91 Å². The molecule has 15 heavy (non-hydrogen) atoms. The van der Waals surface area contributed by atoms with Gasteiger partial charge in [0.15, 0.2) is 6.54 Å². The van der Waals surface area contributed by atoms with Gasteiger partial charge in [-0.2, -0.15) is 0 Å². The van der Waals surface area contributed by atoms with E-state index in [1.54, 1.807) is 7.11 Å². The van der Waals surface area contributed by atoms with Crippen LogP contribution < -0.4 is 15.5 Å².